The Balaban J connectivity index is 2.02. The topological polar surface area (TPSA) is 47.3 Å². The highest BCUT2D eigenvalue weighted by Crippen LogP contribution is 2.36. The van der Waals surface area contributed by atoms with Gasteiger partial charge >= 0.3 is 0 Å². The average molecular weight is 258 g/mol. The van der Waals surface area contributed by atoms with E-state index in [4.69, 9.17) is 5.26 Å². The molecule has 0 aromatic heterocycles. The molecule has 1 heterocycles. The third-order valence-corrected chi connectivity index (χ3v) is 4.31. The lowest BCUT2D eigenvalue weighted by Gasteiger charge is -2.41. The van der Waals surface area contributed by atoms with Crippen LogP contribution in [0.4, 0.5) is 0 Å². The van der Waals surface area contributed by atoms with E-state index in [0.717, 1.165) is 25.9 Å². The average Bonchev–Trinajstić information content (AvgIpc) is 2.43. The number of hydrogen-bond acceptors (Lipinski definition) is 3. The monoisotopic (exact) mass is 258 g/mol. The van der Waals surface area contributed by atoms with Crippen molar-refractivity contribution in [3.05, 3.63) is 35.9 Å². The molecule has 1 aromatic rings. The highest BCUT2D eigenvalue weighted by atomic mass is 16.3. The minimum atomic E-state index is 0.0906. The second kappa shape index (κ2) is 6.18. The molecule has 0 saturated carbocycles. The number of nitriles is 1. The number of rotatable bonds is 4. The molecule has 3 heteroatoms. The van der Waals surface area contributed by atoms with Crippen molar-refractivity contribution in [2.75, 3.05) is 19.7 Å². The van der Waals surface area contributed by atoms with Gasteiger partial charge in [-0.25, -0.2) is 0 Å². The molecule has 102 valence electrons. The normalized spacial score (nSPS) is 20.7. The van der Waals surface area contributed by atoms with Crippen molar-refractivity contribution in [2.24, 2.45) is 5.41 Å². The minimum Gasteiger partial charge on any atom is -0.394 e. The van der Waals surface area contributed by atoms with E-state index in [1.54, 1.807) is 0 Å². The lowest BCUT2D eigenvalue weighted by Crippen LogP contribution is -2.41. The van der Waals surface area contributed by atoms with Gasteiger partial charge in [-0.2, -0.15) is 5.26 Å². The highest BCUT2D eigenvalue weighted by Gasteiger charge is 2.32. The van der Waals surface area contributed by atoms with Gasteiger partial charge in [-0.15, -0.1) is 0 Å². The highest BCUT2D eigenvalue weighted by molar-refractivity contribution is 5.19. The molecule has 0 aliphatic carbocycles. The predicted molar refractivity (Wildman–Crippen MR) is 75.4 cm³/mol. The fourth-order valence-electron chi connectivity index (χ4n) is 2.85. The molecule has 1 atom stereocenters. The van der Waals surface area contributed by atoms with Gasteiger partial charge in [0.15, 0.2) is 0 Å². The summed E-state index contributed by atoms with van der Waals surface area (Å²) in [6.07, 6.45) is 2.70. The Morgan fingerprint density at radius 2 is 1.95 bits per heavy atom. The van der Waals surface area contributed by atoms with Crippen LogP contribution < -0.4 is 0 Å². The van der Waals surface area contributed by atoms with E-state index in [9.17, 15) is 5.11 Å². The van der Waals surface area contributed by atoms with Crippen molar-refractivity contribution in [3.8, 4) is 6.07 Å². The first-order chi connectivity index (χ1) is 9.18. The van der Waals surface area contributed by atoms with Gasteiger partial charge in [0.05, 0.1) is 18.7 Å². The number of aliphatic hydroxyl groups excluding tert-OH is 1. The lowest BCUT2D eigenvalue weighted by atomic mass is 9.77. The maximum atomic E-state index is 9.67. The molecule has 0 bridgehead atoms. The largest absolute Gasteiger partial charge is 0.394 e. The Labute approximate surface area is 115 Å². The van der Waals surface area contributed by atoms with Crippen LogP contribution in [0.3, 0.4) is 0 Å². The smallest absolute Gasteiger partial charge is 0.0628 e. The molecular weight excluding hydrogens is 236 g/mol. The van der Waals surface area contributed by atoms with E-state index in [-0.39, 0.29) is 18.1 Å². The molecule has 2 rings (SSSR count). The van der Waals surface area contributed by atoms with Gasteiger partial charge in [-0.05, 0) is 36.9 Å². The number of nitrogens with zero attached hydrogens (tertiary/aromatic N) is 2. The van der Waals surface area contributed by atoms with Crippen molar-refractivity contribution >= 4 is 0 Å². The SMILES string of the molecule is CC1(CC#N)CCN(C(CO)c2ccccc2)CC1. The summed E-state index contributed by atoms with van der Waals surface area (Å²) in [5, 5.41) is 18.6. The standard InChI is InChI=1S/C16H22N2O/c1-16(7-10-17)8-11-18(12-9-16)15(13-19)14-5-3-2-4-6-14/h2-6,15,19H,7-9,11-13H2,1H3. The second-order valence-electron chi connectivity index (χ2n) is 5.79. The summed E-state index contributed by atoms with van der Waals surface area (Å²) < 4.78 is 0. The van der Waals surface area contributed by atoms with Crippen LogP contribution >= 0.6 is 0 Å². The summed E-state index contributed by atoms with van der Waals surface area (Å²) in [7, 11) is 0. The molecule has 0 spiro atoms. The van der Waals surface area contributed by atoms with E-state index >= 15 is 0 Å². The molecule has 0 amide bonds. The quantitative estimate of drug-likeness (QED) is 0.903. The molecule has 1 fully saturated rings. The Morgan fingerprint density at radius 3 is 2.47 bits per heavy atom. The van der Waals surface area contributed by atoms with Crippen LogP contribution in [-0.4, -0.2) is 29.7 Å². The van der Waals surface area contributed by atoms with E-state index in [1.165, 1.54) is 5.56 Å². The number of aliphatic hydroxyl groups is 1. The molecule has 1 aliphatic rings. The second-order valence-corrected chi connectivity index (χ2v) is 5.79. The van der Waals surface area contributed by atoms with Crippen LogP contribution in [0.25, 0.3) is 0 Å². The van der Waals surface area contributed by atoms with Crippen molar-refractivity contribution in [3.63, 3.8) is 0 Å². The number of hydrogen-bond donors (Lipinski definition) is 1. The molecule has 1 aromatic carbocycles. The Morgan fingerprint density at radius 1 is 1.32 bits per heavy atom. The summed E-state index contributed by atoms with van der Waals surface area (Å²) in [6.45, 7) is 4.26. The zero-order valence-corrected chi connectivity index (χ0v) is 11.5. The van der Waals surface area contributed by atoms with E-state index in [0.29, 0.717) is 6.42 Å². The van der Waals surface area contributed by atoms with Crippen LogP contribution in [0.5, 0.6) is 0 Å². The van der Waals surface area contributed by atoms with Gasteiger partial charge in [0.2, 0.25) is 0 Å². The third-order valence-electron chi connectivity index (χ3n) is 4.31. The van der Waals surface area contributed by atoms with Crippen molar-refractivity contribution in [1.82, 2.24) is 4.90 Å². The predicted octanol–water partition coefficient (Wildman–Crippen LogP) is 2.74. The number of piperidine rings is 1. The van der Waals surface area contributed by atoms with Crippen molar-refractivity contribution in [1.29, 1.82) is 5.26 Å². The van der Waals surface area contributed by atoms with Gasteiger partial charge in [0.25, 0.3) is 0 Å². The number of likely N-dealkylation sites (tertiary alicyclic amines) is 1. The van der Waals surface area contributed by atoms with E-state index in [1.807, 2.05) is 18.2 Å². The number of benzene rings is 1. The van der Waals surface area contributed by atoms with E-state index < -0.39 is 0 Å². The summed E-state index contributed by atoms with van der Waals surface area (Å²) in [4.78, 5) is 2.34. The first kappa shape index (κ1) is 14.0. The first-order valence-corrected chi connectivity index (χ1v) is 6.95. The van der Waals surface area contributed by atoms with Crippen LogP contribution in [0.2, 0.25) is 0 Å². The lowest BCUT2D eigenvalue weighted by molar-refractivity contribution is 0.0566. The van der Waals surface area contributed by atoms with Crippen molar-refractivity contribution in [2.45, 2.75) is 32.2 Å². The Kier molecular flexibility index (Phi) is 4.57. The van der Waals surface area contributed by atoms with Crippen LogP contribution in [-0.2, 0) is 0 Å². The third kappa shape index (κ3) is 3.34. The maximum Gasteiger partial charge on any atom is 0.0628 e. The molecular formula is C16H22N2O. The summed E-state index contributed by atoms with van der Waals surface area (Å²) in [6, 6.07) is 12.6. The molecule has 3 nitrogen and oxygen atoms in total. The van der Waals surface area contributed by atoms with Crippen LogP contribution in [0.15, 0.2) is 30.3 Å². The van der Waals surface area contributed by atoms with Crippen molar-refractivity contribution < 1.29 is 5.11 Å². The summed E-state index contributed by atoms with van der Waals surface area (Å²) >= 11 is 0. The molecule has 19 heavy (non-hydrogen) atoms. The molecule has 1 N–H and O–H groups in total. The van der Waals surface area contributed by atoms with Crippen LogP contribution in [0.1, 0.15) is 37.8 Å². The first-order valence-electron chi connectivity index (χ1n) is 6.95. The molecule has 1 saturated heterocycles. The summed E-state index contributed by atoms with van der Waals surface area (Å²) in [5.74, 6) is 0. The maximum absolute atomic E-state index is 9.67. The Bertz CT molecular complexity index is 430. The zero-order valence-electron chi connectivity index (χ0n) is 11.5. The van der Waals surface area contributed by atoms with E-state index in [2.05, 4.69) is 30.0 Å². The fraction of sp³-hybridized carbons (Fsp3) is 0.562. The zero-order chi connectivity index (χ0) is 13.7. The molecule has 1 aliphatic heterocycles. The molecule has 0 radical (unpaired) electrons. The van der Waals surface area contributed by atoms with Crippen LogP contribution in [0, 0.1) is 16.7 Å². The fourth-order valence-corrected chi connectivity index (χ4v) is 2.85. The van der Waals surface area contributed by atoms with Gasteiger partial charge in [0, 0.05) is 6.42 Å². The van der Waals surface area contributed by atoms with Gasteiger partial charge < -0.3 is 5.11 Å². The van der Waals surface area contributed by atoms with Gasteiger partial charge in [-0.3, -0.25) is 4.90 Å². The van der Waals surface area contributed by atoms with Gasteiger partial charge in [-0.1, -0.05) is 37.3 Å². The summed E-state index contributed by atoms with van der Waals surface area (Å²) in [5.41, 5.74) is 1.33. The van der Waals surface area contributed by atoms with Gasteiger partial charge in [0.1, 0.15) is 0 Å². The Hall–Kier alpha value is -1.37. The molecule has 1 unspecified atom stereocenters. The minimum absolute atomic E-state index is 0.0906.